The first-order valence-corrected chi connectivity index (χ1v) is 45.2. The maximum absolute atomic E-state index is 15.7. The number of phenols is 1. The number of benzene rings is 3. The Kier molecular flexibility index (Phi) is 38.8. The second-order valence-electron chi connectivity index (χ2n) is 33.9. The van der Waals surface area contributed by atoms with Gasteiger partial charge in [0, 0.05) is 106 Å². The van der Waals surface area contributed by atoms with E-state index in [4.69, 9.17) is 22.6 Å². The van der Waals surface area contributed by atoms with Crippen molar-refractivity contribution in [2.75, 3.05) is 65.4 Å². The first-order valence-electron chi connectivity index (χ1n) is 44.0. The van der Waals surface area contributed by atoms with Crippen molar-refractivity contribution >= 4 is 140 Å². The van der Waals surface area contributed by atoms with Crippen LogP contribution >= 0.6 is 11.8 Å². The number of phenolic OH excluding ortho intramolecular Hbond substituents is 1. The number of para-hydroxylation sites is 2. The molecule has 3 aromatic carbocycles. The summed E-state index contributed by atoms with van der Waals surface area (Å²) >= 11 is 0.763. The summed E-state index contributed by atoms with van der Waals surface area (Å²) in [5.74, 6) is -17.8. The smallest absolute Gasteiger partial charge is 0.246 e. The van der Waals surface area contributed by atoms with E-state index in [1.807, 2.05) is 13.8 Å². The molecule has 0 bridgehead atoms. The highest BCUT2D eigenvalue weighted by molar-refractivity contribution is 8.00. The van der Waals surface area contributed by atoms with Gasteiger partial charge in [0.2, 0.25) is 100 Å². The monoisotopic (exact) mass is 1840 g/mol. The Morgan fingerprint density at radius 3 is 1.68 bits per heavy atom. The van der Waals surface area contributed by atoms with Crippen LogP contribution in [0.25, 0.3) is 21.8 Å². The Morgan fingerprint density at radius 2 is 1.08 bits per heavy atom. The number of nitrogens with one attached hydrogen (secondary N) is 14. The topological polar surface area (TPSA) is 633 Å². The molecule has 5 heterocycles. The summed E-state index contributed by atoms with van der Waals surface area (Å²) in [6.45, 7) is 7.39. The molecule has 0 radical (unpaired) electrons. The van der Waals surface area contributed by atoms with E-state index >= 15 is 33.6 Å². The summed E-state index contributed by atoms with van der Waals surface area (Å²) in [5, 5.41) is 70.6. The van der Waals surface area contributed by atoms with Crippen LogP contribution in [0.1, 0.15) is 142 Å². The van der Waals surface area contributed by atoms with Crippen molar-refractivity contribution < 1.29 is 96.8 Å². The maximum atomic E-state index is 15.7. The molecule has 8 rings (SSSR count). The molecule has 23 N–H and O–H groups in total. The van der Waals surface area contributed by atoms with Crippen LogP contribution in [0.3, 0.4) is 0 Å². The number of guanidine groups is 1. The van der Waals surface area contributed by atoms with Gasteiger partial charge in [-0.2, -0.15) is 0 Å². The van der Waals surface area contributed by atoms with Crippen LogP contribution in [0.4, 0.5) is 0 Å². The third-order valence-corrected chi connectivity index (χ3v) is 24.5. The minimum atomic E-state index is -1.88. The third kappa shape index (κ3) is 29.0. The predicted molar refractivity (Wildman–Crippen MR) is 483 cm³/mol. The van der Waals surface area contributed by atoms with Crippen molar-refractivity contribution in [2.24, 2.45) is 23.1 Å². The van der Waals surface area contributed by atoms with Gasteiger partial charge in [-0.05, 0) is 106 Å². The molecule has 714 valence electrons. The van der Waals surface area contributed by atoms with E-state index < -0.39 is 235 Å². The average Bonchev–Trinajstić information content (AvgIpc) is 1.77. The minimum absolute atomic E-state index is 0.00763. The number of aromatic hydroxyl groups is 1. The van der Waals surface area contributed by atoms with Gasteiger partial charge in [0.05, 0.1) is 31.4 Å². The lowest BCUT2D eigenvalue weighted by Crippen LogP contribution is -2.61. The molecule has 3 aliphatic rings. The molecule has 43 heteroatoms. The predicted octanol–water partition coefficient (Wildman–Crippen LogP) is -2.87. The van der Waals surface area contributed by atoms with Crippen LogP contribution < -0.4 is 75.7 Å². The molecular formula is C88H126N22O20S. The SMILES string of the molecule is CCCC[C@H]1C(=O)N(C)[C@@H](CCCC)C(=O)N[C@@H](CCCNC(=N)N)C(=O)N[C@H](C(=O)NCC(N)=O)CSCC(=O)N[C@@H](Cc2ccc(O)cc2)C(=O)N(C)[C@@H](C)C(=O)N[C@@H](CC(N)=O)C(=O)N2CCC[C@H]2C(=O)N[C@@H](C)C(=O)N[C@@H](CC(C)C)C(=O)N2C[C@@H](O)C[C@H]2C(=O)N[C@@H](Cc2c[nH]c3ccccc23)C(=O)N[C@@H](CO)C(=O)N[C@@H](Cc2c[nH]c3ccccc23)C(=O)N1C. The van der Waals surface area contributed by atoms with E-state index in [0.717, 1.165) is 36.3 Å². The van der Waals surface area contributed by atoms with Gasteiger partial charge in [-0.3, -0.25) is 86.9 Å². The highest BCUT2D eigenvalue weighted by Crippen LogP contribution is 2.28. The van der Waals surface area contributed by atoms with Crippen molar-refractivity contribution in [3.8, 4) is 5.75 Å². The van der Waals surface area contributed by atoms with E-state index in [1.165, 1.54) is 59.3 Å². The van der Waals surface area contributed by atoms with E-state index in [1.54, 1.807) is 74.8 Å². The number of unbranched alkanes of at least 4 members (excludes halogenated alkanes) is 2. The van der Waals surface area contributed by atoms with Gasteiger partial charge in [0.1, 0.15) is 90.3 Å². The lowest BCUT2D eigenvalue weighted by molar-refractivity contribution is -0.149. The van der Waals surface area contributed by atoms with Crippen molar-refractivity contribution in [2.45, 2.75) is 235 Å². The second kappa shape index (κ2) is 49.2. The number of fused-ring (bicyclic) bond motifs is 4. The van der Waals surface area contributed by atoms with Gasteiger partial charge in [0.25, 0.3) is 0 Å². The zero-order valence-corrected chi connectivity index (χ0v) is 76.1. The van der Waals surface area contributed by atoms with Gasteiger partial charge in [0.15, 0.2) is 5.96 Å². The average molecular weight is 1840 g/mol. The number of thioether (sulfide) groups is 1. The Labute approximate surface area is 762 Å². The molecule has 131 heavy (non-hydrogen) atoms. The number of hydrogen-bond acceptors (Lipinski definition) is 22. The van der Waals surface area contributed by atoms with Gasteiger partial charge in [-0.15, -0.1) is 11.8 Å². The molecular weight excluding hydrogens is 1720 g/mol. The van der Waals surface area contributed by atoms with Crippen LogP contribution in [-0.2, 0) is 101 Å². The Bertz CT molecular complexity index is 4930. The molecule has 42 nitrogen and oxygen atoms in total. The number of carbonyl (C=O) groups excluding carboxylic acids is 17. The highest BCUT2D eigenvalue weighted by Gasteiger charge is 2.46. The molecule has 17 amide bonds. The molecule has 0 spiro atoms. The van der Waals surface area contributed by atoms with Crippen molar-refractivity contribution in [1.29, 1.82) is 5.41 Å². The van der Waals surface area contributed by atoms with Gasteiger partial charge in [-0.1, -0.05) is 102 Å². The lowest BCUT2D eigenvalue weighted by atomic mass is 10.00. The standard InChI is InChI=1S/C88H126N22O20S/c1-10-12-25-67-80(123)99-59(24-18-32-93-88(91)92)77(120)105-66(76(119)96-42-72(90)115)45-131-46-73(116)98-62(35-50-28-30-53(112)31-29-50)83(126)106(7)49(6)75(118)102-64(39-71(89)114)85(128)109-33-19-27-68(109)81(124)97-48(5)74(117)101-61(34-47(3)4)86(129)110-43-54(113)38-70(110)82(125)100-60(36-51-40-94-57-22-16-14-20-55(51)57)78(121)104-65(44-111)79(122)103-63(37-52-41-95-58-23-17-15-21-56(52)58)84(127)108(9)69(26-13-11-2)87(130)107(67)8/h14-17,20-23,28-31,40-41,47-49,54,59-70,94-95,111-113H,10-13,18-19,24-27,32-39,42-46H2,1-9H3,(H2,89,114)(H2,90,115)(H,96,119)(H,97,124)(H,98,116)(H,99,123)(H,100,125)(H,101,117)(H,102,118)(H,103,122)(H,104,121)(H,105,120)(H4,91,92,93)/t48-,49-,54-,59-,60-,61-,62-,63-,64-,65-,66-,67-,68-,69-,70-/m0/s1. The second-order valence-corrected chi connectivity index (χ2v) is 34.9. The summed E-state index contributed by atoms with van der Waals surface area (Å²) in [4.78, 5) is 260. The van der Waals surface area contributed by atoms with E-state index in [9.17, 15) is 63.3 Å². The first kappa shape index (κ1) is 103. The fourth-order valence-corrected chi connectivity index (χ4v) is 17.0. The third-order valence-electron chi connectivity index (χ3n) is 23.5. The zero-order chi connectivity index (χ0) is 96.2. The van der Waals surface area contributed by atoms with Crippen LogP contribution in [0.15, 0.2) is 85.2 Å². The number of aliphatic hydroxyl groups is 2. The molecule has 15 atom stereocenters. The Morgan fingerprint density at radius 1 is 0.542 bits per heavy atom. The summed E-state index contributed by atoms with van der Waals surface area (Å²) in [6.07, 6.45) is 1.49. The number of rotatable bonds is 24. The van der Waals surface area contributed by atoms with Crippen LogP contribution in [-0.4, -0.2) is 312 Å². The number of nitrogens with two attached hydrogens (primary N) is 3. The number of aliphatic hydroxyl groups excluding tert-OH is 2. The number of amides is 17. The van der Waals surface area contributed by atoms with Gasteiger partial charge in [-0.25, -0.2) is 0 Å². The molecule has 0 saturated carbocycles. The molecule has 3 saturated heterocycles. The lowest BCUT2D eigenvalue weighted by Gasteiger charge is -2.36. The molecule has 0 aliphatic carbocycles. The van der Waals surface area contributed by atoms with Crippen LogP contribution in [0.5, 0.6) is 5.75 Å². The number of carbonyl (C=O) groups is 17. The van der Waals surface area contributed by atoms with Crippen LogP contribution in [0.2, 0.25) is 0 Å². The molecule has 0 unspecified atom stereocenters. The first-order chi connectivity index (χ1) is 62.2. The summed E-state index contributed by atoms with van der Waals surface area (Å²) in [6, 6.07) is -1.85. The summed E-state index contributed by atoms with van der Waals surface area (Å²) in [7, 11) is 3.90. The minimum Gasteiger partial charge on any atom is -0.508 e. The number of nitrogens with zero attached hydrogens (tertiary/aromatic N) is 5. The number of hydrogen-bond donors (Lipinski definition) is 20. The van der Waals surface area contributed by atoms with Crippen LogP contribution in [0, 0.1) is 11.3 Å². The van der Waals surface area contributed by atoms with E-state index in [-0.39, 0.29) is 95.4 Å². The fourth-order valence-electron chi connectivity index (χ4n) is 16.1. The largest absolute Gasteiger partial charge is 0.508 e. The molecule has 2 aromatic heterocycles. The normalized spacial score (nSPS) is 25.2. The van der Waals surface area contributed by atoms with Crippen molar-refractivity contribution in [3.63, 3.8) is 0 Å². The summed E-state index contributed by atoms with van der Waals surface area (Å²) in [5.41, 5.74) is 19.4. The van der Waals surface area contributed by atoms with Crippen molar-refractivity contribution in [3.05, 3.63) is 102 Å². The van der Waals surface area contributed by atoms with E-state index in [0.29, 0.717) is 64.2 Å². The zero-order valence-electron chi connectivity index (χ0n) is 75.2. The Hall–Kier alpha value is -12.9. The molecule has 5 aromatic rings. The highest BCUT2D eigenvalue weighted by atomic mass is 32.2. The number of likely N-dealkylation sites (N-methyl/N-ethyl adjacent to an activating group) is 3. The Balaban J connectivity index is 1.18. The number of aromatic nitrogens is 2. The quantitative estimate of drug-likeness (QED) is 0.0168. The molecule has 3 fully saturated rings. The maximum Gasteiger partial charge on any atom is 0.246 e. The van der Waals surface area contributed by atoms with Crippen molar-refractivity contribution in [1.82, 2.24) is 93.0 Å². The summed E-state index contributed by atoms with van der Waals surface area (Å²) < 4.78 is 0. The number of aromatic amines is 2. The fraction of sp³-hybridized carbons (Fsp3) is 0.545. The number of primary amides is 2. The molecule has 3 aliphatic heterocycles. The number of H-pyrrole nitrogens is 2. The van der Waals surface area contributed by atoms with E-state index in [2.05, 4.69) is 68.5 Å². The van der Waals surface area contributed by atoms with Gasteiger partial charge >= 0.3 is 0 Å². The van der Waals surface area contributed by atoms with Gasteiger partial charge < -0.3 is 125 Å².